The molecule has 39 heavy (non-hydrogen) atoms. The highest BCUT2D eigenvalue weighted by molar-refractivity contribution is 6.54. The van der Waals surface area contributed by atoms with Gasteiger partial charge in [0.1, 0.15) is 0 Å². The Labute approximate surface area is 243 Å². The zero-order valence-electron chi connectivity index (χ0n) is 25.9. The minimum Gasteiger partial charge on any atom is -0.381 e. The first-order chi connectivity index (χ1) is 19.1. The van der Waals surface area contributed by atoms with Crippen LogP contribution in [-0.4, -0.2) is 37.9 Å². The molecule has 0 bridgehead atoms. The van der Waals surface area contributed by atoms with Gasteiger partial charge >= 0.3 is 0 Å². The summed E-state index contributed by atoms with van der Waals surface area (Å²) in [4.78, 5) is 4.77. The number of ether oxygens (including phenoxy) is 1. The SMILES string of the molecule is CCCCCCOCCCCc1ccc(-c2cccnc2[SiH2]CCCCC(C)CCC(C)CCCCC)nn1. The van der Waals surface area contributed by atoms with Gasteiger partial charge in [-0.3, -0.25) is 4.98 Å². The molecule has 2 unspecified atom stereocenters. The van der Waals surface area contributed by atoms with Crippen molar-refractivity contribution in [2.24, 2.45) is 11.8 Å². The topological polar surface area (TPSA) is 47.9 Å². The van der Waals surface area contributed by atoms with Gasteiger partial charge in [0, 0.05) is 30.3 Å². The number of unbranched alkanes of at least 4 members (excludes halogenated alkanes) is 7. The molecular formula is C34H59N3OSi. The largest absolute Gasteiger partial charge is 0.381 e. The van der Waals surface area contributed by atoms with E-state index < -0.39 is 9.52 Å². The van der Waals surface area contributed by atoms with Crippen molar-refractivity contribution in [3.63, 3.8) is 0 Å². The molecule has 0 aliphatic heterocycles. The Kier molecular flexibility index (Phi) is 19.1. The molecule has 2 aromatic rings. The van der Waals surface area contributed by atoms with E-state index in [1.165, 1.54) is 100 Å². The second-order valence-corrected chi connectivity index (χ2v) is 13.8. The van der Waals surface area contributed by atoms with Crippen LogP contribution in [0.3, 0.4) is 0 Å². The first-order valence-corrected chi connectivity index (χ1v) is 18.2. The Balaban J connectivity index is 1.64. The first-order valence-electron chi connectivity index (χ1n) is 16.5. The fourth-order valence-corrected chi connectivity index (χ4v) is 7.05. The van der Waals surface area contributed by atoms with Crippen LogP contribution in [-0.2, 0) is 11.2 Å². The Morgan fingerprint density at radius 2 is 1.41 bits per heavy atom. The van der Waals surface area contributed by atoms with Crippen LogP contribution in [0, 0.1) is 11.8 Å². The standard InChI is InChI=1S/C34H59N3OSi/c1-5-7-9-13-26-38-27-14-11-19-31-23-24-33(37-36-31)32-20-16-25-35-34(32)39-28-15-12-18-30(4)22-21-29(3)17-10-8-6-2/h16,20,23-25,29-30H,5-15,17-19,21-22,26-28,39H2,1-4H3. The lowest BCUT2D eigenvalue weighted by molar-refractivity contribution is 0.126. The summed E-state index contributed by atoms with van der Waals surface area (Å²) in [5, 5.41) is 10.4. The van der Waals surface area contributed by atoms with E-state index >= 15 is 0 Å². The van der Waals surface area contributed by atoms with Crippen LogP contribution in [0.5, 0.6) is 0 Å². The van der Waals surface area contributed by atoms with Crippen molar-refractivity contribution in [3.8, 4) is 11.3 Å². The van der Waals surface area contributed by atoms with Crippen molar-refractivity contribution in [3.05, 3.63) is 36.2 Å². The van der Waals surface area contributed by atoms with Crippen LogP contribution >= 0.6 is 0 Å². The minimum atomic E-state index is -0.397. The van der Waals surface area contributed by atoms with E-state index in [4.69, 9.17) is 9.72 Å². The van der Waals surface area contributed by atoms with E-state index in [-0.39, 0.29) is 0 Å². The normalized spacial score (nSPS) is 13.3. The van der Waals surface area contributed by atoms with E-state index in [1.807, 2.05) is 12.3 Å². The van der Waals surface area contributed by atoms with Gasteiger partial charge in [-0.1, -0.05) is 111 Å². The Morgan fingerprint density at radius 3 is 2.10 bits per heavy atom. The number of rotatable bonds is 24. The highest BCUT2D eigenvalue weighted by atomic mass is 28.2. The number of nitrogens with zero attached hydrogens (tertiary/aromatic N) is 3. The van der Waals surface area contributed by atoms with E-state index in [2.05, 4.69) is 56.1 Å². The average molecular weight is 554 g/mol. The third kappa shape index (κ3) is 15.7. The number of pyridine rings is 1. The summed E-state index contributed by atoms with van der Waals surface area (Å²) < 4.78 is 5.76. The number of aromatic nitrogens is 3. The number of aryl methyl sites for hydroxylation is 1. The maximum atomic E-state index is 5.76. The zero-order valence-corrected chi connectivity index (χ0v) is 27.3. The summed E-state index contributed by atoms with van der Waals surface area (Å²) in [5.74, 6) is 1.76. The van der Waals surface area contributed by atoms with Crippen molar-refractivity contribution in [1.29, 1.82) is 0 Å². The molecule has 0 radical (unpaired) electrons. The fraction of sp³-hybridized carbons (Fsp3) is 0.735. The smallest absolute Gasteiger partial charge is 0.0943 e. The lowest BCUT2D eigenvalue weighted by Gasteiger charge is -2.15. The van der Waals surface area contributed by atoms with Gasteiger partial charge in [-0.25, -0.2) is 0 Å². The lowest BCUT2D eigenvalue weighted by Crippen LogP contribution is -2.21. The number of hydrogen-bond donors (Lipinski definition) is 0. The van der Waals surface area contributed by atoms with Gasteiger partial charge in [0.25, 0.3) is 0 Å². The molecule has 2 atom stereocenters. The van der Waals surface area contributed by atoms with Crippen molar-refractivity contribution >= 4 is 14.8 Å². The molecule has 220 valence electrons. The molecule has 4 nitrogen and oxygen atoms in total. The van der Waals surface area contributed by atoms with Crippen LogP contribution in [0.4, 0.5) is 0 Å². The molecule has 0 aliphatic carbocycles. The summed E-state index contributed by atoms with van der Waals surface area (Å²) >= 11 is 0. The Bertz CT molecular complexity index is 845. The van der Waals surface area contributed by atoms with Gasteiger partial charge in [-0.2, -0.15) is 10.2 Å². The van der Waals surface area contributed by atoms with Crippen LogP contribution in [0.25, 0.3) is 11.3 Å². The molecule has 2 rings (SSSR count). The van der Waals surface area contributed by atoms with Crippen LogP contribution in [0.1, 0.15) is 130 Å². The Hall–Kier alpha value is -1.59. The van der Waals surface area contributed by atoms with Crippen molar-refractivity contribution < 1.29 is 4.74 Å². The monoisotopic (exact) mass is 553 g/mol. The fourth-order valence-electron chi connectivity index (χ4n) is 5.31. The molecule has 0 saturated heterocycles. The maximum Gasteiger partial charge on any atom is 0.0943 e. The highest BCUT2D eigenvalue weighted by Gasteiger charge is 2.10. The van der Waals surface area contributed by atoms with Gasteiger partial charge in [-0.15, -0.1) is 0 Å². The van der Waals surface area contributed by atoms with Crippen LogP contribution < -0.4 is 5.32 Å². The summed E-state index contributed by atoms with van der Waals surface area (Å²) in [6.07, 6.45) is 22.6. The van der Waals surface area contributed by atoms with Crippen LogP contribution in [0.15, 0.2) is 30.5 Å². The van der Waals surface area contributed by atoms with Gasteiger partial charge in [0.2, 0.25) is 0 Å². The van der Waals surface area contributed by atoms with Gasteiger partial charge in [0.05, 0.1) is 20.9 Å². The van der Waals surface area contributed by atoms with E-state index in [0.29, 0.717) is 0 Å². The summed E-state index contributed by atoms with van der Waals surface area (Å²) in [7, 11) is -0.397. The Morgan fingerprint density at radius 1 is 0.718 bits per heavy atom. The van der Waals surface area contributed by atoms with E-state index in [1.54, 1.807) is 0 Å². The van der Waals surface area contributed by atoms with Gasteiger partial charge in [0.15, 0.2) is 0 Å². The molecule has 0 spiro atoms. The van der Waals surface area contributed by atoms with E-state index in [9.17, 15) is 0 Å². The third-order valence-electron chi connectivity index (χ3n) is 8.06. The molecule has 0 fully saturated rings. The van der Waals surface area contributed by atoms with E-state index in [0.717, 1.165) is 55.7 Å². The second-order valence-electron chi connectivity index (χ2n) is 11.9. The molecular weight excluding hydrogens is 494 g/mol. The van der Waals surface area contributed by atoms with Crippen molar-refractivity contribution in [2.75, 3.05) is 13.2 Å². The molecule has 0 amide bonds. The molecule has 0 aromatic carbocycles. The zero-order chi connectivity index (χ0) is 28.0. The number of hydrogen-bond acceptors (Lipinski definition) is 4. The molecule has 0 N–H and O–H groups in total. The minimum absolute atomic E-state index is 0.397. The molecule has 2 heterocycles. The lowest BCUT2D eigenvalue weighted by atomic mass is 9.91. The summed E-state index contributed by atoms with van der Waals surface area (Å²) in [5.41, 5.74) is 3.26. The first kappa shape index (κ1) is 33.6. The summed E-state index contributed by atoms with van der Waals surface area (Å²) in [6, 6.07) is 9.84. The molecule has 0 saturated carbocycles. The predicted molar refractivity (Wildman–Crippen MR) is 172 cm³/mol. The molecule has 0 aliphatic rings. The van der Waals surface area contributed by atoms with Gasteiger partial charge in [-0.05, 0) is 61.8 Å². The highest BCUT2D eigenvalue weighted by Crippen LogP contribution is 2.21. The third-order valence-corrected chi connectivity index (χ3v) is 9.95. The van der Waals surface area contributed by atoms with Gasteiger partial charge < -0.3 is 4.74 Å². The molecule has 2 aromatic heterocycles. The maximum absolute atomic E-state index is 5.76. The molecule has 5 heteroatoms. The van der Waals surface area contributed by atoms with Crippen LogP contribution in [0.2, 0.25) is 6.04 Å². The van der Waals surface area contributed by atoms with Crippen molar-refractivity contribution in [2.45, 2.75) is 136 Å². The van der Waals surface area contributed by atoms with Crippen molar-refractivity contribution in [1.82, 2.24) is 15.2 Å². The average Bonchev–Trinajstić information content (AvgIpc) is 2.96. The predicted octanol–water partition coefficient (Wildman–Crippen LogP) is 8.47. The summed E-state index contributed by atoms with van der Waals surface area (Å²) in [6.45, 7) is 11.2. The quantitative estimate of drug-likeness (QED) is 0.0966. The second kappa shape index (κ2) is 22.1.